The third kappa shape index (κ3) is 6.91. The summed E-state index contributed by atoms with van der Waals surface area (Å²) in [4.78, 5) is 0. The Kier molecular flexibility index (Phi) is 11.6. The van der Waals surface area contributed by atoms with Gasteiger partial charge in [0.25, 0.3) is 0 Å². The number of fused-ring (bicyclic) bond motifs is 8. The smallest absolute Gasteiger partial charge is 0.0240 e. The molecule has 0 amide bonds. The molecule has 0 saturated carbocycles. The summed E-state index contributed by atoms with van der Waals surface area (Å²) in [5, 5.41) is 8.33. The Balaban J connectivity index is 0.000000168. The van der Waals surface area contributed by atoms with Crippen LogP contribution >= 0.6 is 0 Å². The van der Waals surface area contributed by atoms with Gasteiger partial charge in [0.15, 0.2) is 0 Å². The molecule has 1 aliphatic carbocycles. The van der Waals surface area contributed by atoms with E-state index in [4.69, 9.17) is 0 Å². The third-order valence-electron chi connectivity index (χ3n) is 7.28. The standard InChI is InChI=1S/C21H13.C12H10Si.C5H5.2ClH.Zr/c1-2-8-15-14(7-1)13-20-18-11-4-3-9-16(18)17-10-5-6-12-19(17)21(15)20;1-3-7-11(8-4-1)13-12-9-5-2-6-10-12;1-2-4-5-3-1;;;/h1-10,12H,13H2;1-10H;1-5H;2*1H;/q-1;;-1;;;+2/p-2. The molecule has 204 valence electrons. The molecule has 0 heterocycles. The topological polar surface area (TPSA) is 0 Å². The van der Waals surface area contributed by atoms with Gasteiger partial charge in [-0.05, 0) is 28.5 Å². The zero-order valence-corrected chi connectivity index (χ0v) is 27.9. The summed E-state index contributed by atoms with van der Waals surface area (Å²) in [5.74, 6) is 0. The minimum Gasteiger partial charge on any atom is -0.214 e. The summed E-state index contributed by atoms with van der Waals surface area (Å²) < 4.78 is 0. The van der Waals surface area contributed by atoms with Crippen molar-refractivity contribution in [3.05, 3.63) is 175 Å². The molecule has 42 heavy (non-hydrogen) atoms. The van der Waals surface area contributed by atoms with Crippen LogP contribution in [-0.4, -0.2) is 5.43 Å². The molecule has 0 N–H and O–H groups in total. The monoisotopic (exact) mass is 672 g/mol. The molecule has 1 aliphatic rings. The van der Waals surface area contributed by atoms with E-state index in [1.807, 2.05) is 36.4 Å². The maximum absolute atomic E-state index is 3.48. The van der Waals surface area contributed by atoms with Gasteiger partial charge in [0.1, 0.15) is 0 Å². The van der Waals surface area contributed by atoms with Gasteiger partial charge in [-0.3, -0.25) is 0 Å². The van der Waals surface area contributed by atoms with Gasteiger partial charge < -0.3 is 24.8 Å². The van der Waals surface area contributed by atoms with E-state index in [1.54, 1.807) is 23.3 Å². The largest absolute Gasteiger partial charge is 0.214 e. The molecule has 0 saturated heterocycles. The van der Waals surface area contributed by atoms with Gasteiger partial charge in [0, 0.05) is 0 Å². The molecule has 7 aromatic rings. The molecule has 0 fully saturated rings. The first-order valence-electron chi connectivity index (χ1n) is 13.6. The van der Waals surface area contributed by atoms with Crippen LogP contribution in [0.1, 0.15) is 11.1 Å². The molecule has 0 aliphatic heterocycles. The van der Waals surface area contributed by atoms with E-state index in [0.717, 1.165) is 6.42 Å². The zero-order valence-electron chi connectivity index (χ0n) is 23.0. The van der Waals surface area contributed by atoms with Crippen LogP contribution in [0.4, 0.5) is 0 Å². The van der Waals surface area contributed by atoms with E-state index >= 15 is 0 Å². The molecule has 8 rings (SSSR count). The second kappa shape index (κ2) is 15.4. The van der Waals surface area contributed by atoms with Crippen LogP contribution in [0.3, 0.4) is 0 Å². The predicted molar refractivity (Wildman–Crippen MR) is 168 cm³/mol. The fourth-order valence-electron chi connectivity index (χ4n) is 5.42. The maximum atomic E-state index is 3.48. The first kappa shape index (κ1) is 31.8. The van der Waals surface area contributed by atoms with Gasteiger partial charge in [-0.25, -0.2) is 12.1 Å². The van der Waals surface area contributed by atoms with Crippen molar-refractivity contribution in [2.45, 2.75) is 6.42 Å². The Labute approximate surface area is 276 Å². The number of hydrogen-bond donors (Lipinski definition) is 0. The molecule has 0 unspecified atom stereocenters. The average molecular weight is 675 g/mol. The van der Waals surface area contributed by atoms with E-state index in [1.165, 1.54) is 54.2 Å². The molecule has 4 heteroatoms. The molecule has 0 nitrogen and oxygen atoms in total. The van der Waals surface area contributed by atoms with Gasteiger partial charge in [-0.2, -0.15) is 18.2 Å². The van der Waals surface area contributed by atoms with E-state index < -0.39 is 5.43 Å². The van der Waals surface area contributed by atoms with Gasteiger partial charge in [0.2, 0.25) is 0 Å². The fourth-order valence-corrected chi connectivity index (χ4v) is 9.27. The van der Waals surface area contributed by atoms with E-state index in [2.05, 4.69) is 127 Å². The molecule has 0 aromatic heterocycles. The summed E-state index contributed by atoms with van der Waals surface area (Å²) in [6.07, 6.45) is 1.02. The van der Waals surface area contributed by atoms with Crippen molar-refractivity contribution in [1.29, 1.82) is 0 Å². The SMILES string of the molecule is [Cl-].[Cl-].[Zr+2]=[Si](c1ccccc1)c1ccccc1.[c-]1cccc2c1c1c(c3ccccc32)-c2ccccc2C1.c1cc[cH-]c1. The van der Waals surface area contributed by atoms with E-state index in [0.29, 0.717) is 0 Å². The Morgan fingerprint density at radius 1 is 0.571 bits per heavy atom. The molecule has 0 radical (unpaired) electrons. The number of rotatable bonds is 2. The summed E-state index contributed by atoms with van der Waals surface area (Å²) >= 11 is 1.64. The second-order valence-corrected chi connectivity index (χ2v) is 15.4. The van der Waals surface area contributed by atoms with Crippen LogP contribution in [0.15, 0.2) is 158 Å². The van der Waals surface area contributed by atoms with Crippen molar-refractivity contribution in [2.75, 3.05) is 0 Å². The Bertz CT molecular complexity index is 1820. The molecular formula is C38H28Cl2SiZr-2. The summed E-state index contributed by atoms with van der Waals surface area (Å²) in [6, 6.07) is 59.0. The van der Waals surface area contributed by atoms with Crippen molar-refractivity contribution in [3.8, 4) is 11.1 Å². The summed E-state index contributed by atoms with van der Waals surface area (Å²) in [7, 11) is 0. The quantitative estimate of drug-likeness (QED) is 0.150. The summed E-state index contributed by atoms with van der Waals surface area (Å²) in [5.41, 5.74) is 5.22. The second-order valence-electron chi connectivity index (χ2n) is 9.76. The molecule has 0 bridgehead atoms. The minimum atomic E-state index is -0.455. The van der Waals surface area contributed by atoms with Gasteiger partial charge in [0.05, 0.1) is 0 Å². The minimum absolute atomic E-state index is 0. The van der Waals surface area contributed by atoms with Crippen molar-refractivity contribution in [3.63, 3.8) is 0 Å². The van der Waals surface area contributed by atoms with Crippen LogP contribution in [-0.2, 0) is 29.8 Å². The van der Waals surface area contributed by atoms with E-state index in [-0.39, 0.29) is 24.8 Å². The molecule has 0 spiro atoms. The zero-order chi connectivity index (χ0) is 27.1. The summed E-state index contributed by atoms with van der Waals surface area (Å²) in [6.45, 7) is 0. The van der Waals surface area contributed by atoms with Crippen LogP contribution in [0.25, 0.3) is 32.7 Å². The Morgan fingerprint density at radius 3 is 1.74 bits per heavy atom. The number of benzene rings is 6. The maximum Gasteiger partial charge on any atom is -0.0240 e. The first-order valence-corrected chi connectivity index (χ1v) is 18.8. The fraction of sp³-hybridized carbons (Fsp3) is 0.0263. The number of halogens is 2. The third-order valence-corrected chi connectivity index (χ3v) is 13.4. The van der Waals surface area contributed by atoms with Gasteiger partial charge >= 0.3 is 99.8 Å². The molecular weight excluding hydrogens is 647 g/mol. The Hall–Kier alpha value is -3.13. The van der Waals surface area contributed by atoms with Crippen molar-refractivity contribution in [2.24, 2.45) is 0 Å². The van der Waals surface area contributed by atoms with Crippen LogP contribution in [0.2, 0.25) is 0 Å². The van der Waals surface area contributed by atoms with Crippen molar-refractivity contribution < 1.29 is 48.1 Å². The first-order chi connectivity index (χ1) is 19.8. The van der Waals surface area contributed by atoms with Crippen molar-refractivity contribution in [1.82, 2.24) is 0 Å². The Morgan fingerprint density at radius 2 is 1.12 bits per heavy atom. The normalized spacial score (nSPS) is 10.5. The van der Waals surface area contributed by atoms with Crippen LogP contribution in [0, 0.1) is 6.07 Å². The number of hydrogen-bond acceptors (Lipinski definition) is 0. The molecule has 7 aromatic carbocycles. The van der Waals surface area contributed by atoms with Crippen LogP contribution < -0.4 is 35.2 Å². The van der Waals surface area contributed by atoms with Crippen LogP contribution in [0.5, 0.6) is 0 Å². The predicted octanol–water partition coefficient (Wildman–Crippen LogP) is 2.12. The molecule has 0 atom stereocenters. The average Bonchev–Trinajstić information content (AvgIpc) is 3.75. The van der Waals surface area contributed by atoms with Crippen molar-refractivity contribution >= 4 is 37.4 Å². The van der Waals surface area contributed by atoms with Gasteiger partial charge in [-0.1, -0.05) is 53.9 Å². The van der Waals surface area contributed by atoms with E-state index in [9.17, 15) is 0 Å². The van der Waals surface area contributed by atoms with Gasteiger partial charge in [-0.15, -0.1) is 40.6 Å².